The van der Waals surface area contributed by atoms with Gasteiger partial charge < -0.3 is 4.57 Å². The Morgan fingerprint density at radius 1 is 0.880 bits per heavy atom. The molecule has 0 amide bonds. The van der Waals surface area contributed by atoms with Crippen LogP contribution in [-0.2, 0) is 13.1 Å². The molecule has 2 aromatic carbocycles. The summed E-state index contributed by atoms with van der Waals surface area (Å²) in [7, 11) is 0. The van der Waals surface area contributed by atoms with Gasteiger partial charge in [-0.3, -0.25) is 4.90 Å². The number of hydrogen-bond donors (Lipinski definition) is 0. The summed E-state index contributed by atoms with van der Waals surface area (Å²) in [6.45, 7) is 2.44. The largest absolute Gasteiger partial charge is 0.350 e. The summed E-state index contributed by atoms with van der Waals surface area (Å²) >= 11 is 0. The van der Waals surface area contributed by atoms with Crippen LogP contribution < -0.4 is 0 Å². The average molecular weight is 338 g/mol. The highest BCUT2D eigenvalue weighted by Crippen LogP contribution is 2.34. The Morgan fingerprint density at radius 3 is 2.48 bits per heavy atom. The minimum absolute atomic E-state index is 0.149. The van der Waals surface area contributed by atoms with Crippen molar-refractivity contribution in [3.05, 3.63) is 95.3 Å². The molecule has 0 unspecified atom stereocenters. The Hall–Kier alpha value is -2.46. The van der Waals surface area contributed by atoms with Gasteiger partial charge in [0, 0.05) is 37.1 Å². The molecule has 128 valence electrons. The Morgan fingerprint density at radius 2 is 1.68 bits per heavy atom. The van der Waals surface area contributed by atoms with Crippen LogP contribution in [0.1, 0.15) is 29.3 Å². The Balaban J connectivity index is 1.75. The summed E-state index contributed by atoms with van der Waals surface area (Å²) in [5, 5.41) is 0. The monoisotopic (exact) mass is 338 g/mol. The van der Waals surface area contributed by atoms with Gasteiger partial charge in [-0.05, 0) is 42.3 Å². The zero-order valence-electron chi connectivity index (χ0n) is 13.9. The van der Waals surface area contributed by atoms with E-state index >= 15 is 0 Å². The SMILES string of the molecule is Fc1ccc(CN2CCCn3cccc3[C@@H]2c2ccccc2F)cc1. The number of hydrogen-bond acceptors (Lipinski definition) is 1. The molecule has 1 aliphatic heterocycles. The molecular formula is C21H20F2N2. The van der Waals surface area contributed by atoms with Gasteiger partial charge >= 0.3 is 0 Å². The van der Waals surface area contributed by atoms with Gasteiger partial charge in [0.15, 0.2) is 0 Å². The number of aryl methyl sites for hydroxylation is 1. The lowest BCUT2D eigenvalue weighted by molar-refractivity contribution is 0.216. The van der Waals surface area contributed by atoms with Gasteiger partial charge in [0.05, 0.1) is 6.04 Å². The van der Waals surface area contributed by atoms with Crippen LogP contribution in [0.25, 0.3) is 0 Å². The summed E-state index contributed by atoms with van der Waals surface area (Å²) < 4.78 is 30.0. The maximum absolute atomic E-state index is 14.6. The van der Waals surface area contributed by atoms with Gasteiger partial charge in [0.25, 0.3) is 0 Å². The summed E-state index contributed by atoms with van der Waals surface area (Å²) in [5.41, 5.74) is 2.82. The standard InChI is InChI=1S/C21H20F2N2/c22-17-10-8-16(9-11-17)15-25-14-4-13-24-12-3-7-20(24)21(25)18-5-1-2-6-19(18)23/h1-3,5-12,21H,4,13-15H2/t21-/m0/s1. The average Bonchev–Trinajstić information content (AvgIpc) is 3.00. The summed E-state index contributed by atoms with van der Waals surface area (Å²) in [4.78, 5) is 2.28. The van der Waals surface area contributed by atoms with Crippen molar-refractivity contribution in [1.29, 1.82) is 0 Å². The van der Waals surface area contributed by atoms with E-state index in [0.29, 0.717) is 12.1 Å². The van der Waals surface area contributed by atoms with E-state index in [1.807, 2.05) is 18.2 Å². The first kappa shape index (κ1) is 16.0. The minimum Gasteiger partial charge on any atom is -0.350 e. The van der Waals surface area contributed by atoms with Crippen LogP contribution in [0.4, 0.5) is 8.78 Å². The molecule has 2 nitrogen and oxygen atoms in total. The summed E-state index contributed by atoms with van der Waals surface area (Å²) in [6, 6.07) is 17.5. The minimum atomic E-state index is -0.237. The van der Waals surface area contributed by atoms with E-state index in [9.17, 15) is 8.78 Å². The molecule has 4 rings (SSSR count). The molecule has 1 atom stereocenters. The van der Waals surface area contributed by atoms with Crippen molar-refractivity contribution in [3.8, 4) is 0 Å². The fraction of sp³-hybridized carbons (Fsp3) is 0.238. The summed E-state index contributed by atoms with van der Waals surface area (Å²) in [5.74, 6) is -0.426. The number of nitrogens with zero attached hydrogens (tertiary/aromatic N) is 2. The van der Waals surface area contributed by atoms with Crippen molar-refractivity contribution < 1.29 is 8.78 Å². The molecule has 0 saturated heterocycles. The van der Waals surface area contributed by atoms with Crippen molar-refractivity contribution in [3.63, 3.8) is 0 Å². The highest BCUT2D eigenvalue weighted by atomic mass is 19.1. The van der Waals surface area contributed by atoms with Gasteiger partial charge in [-0.2, -0.15) is 0 Å². The highest BCUT2D eigenvalue weighted by molar-refractivity contribution is 5.31. The molecule has 0 bridgehead atoms. The van der Waals surface area contributed by atoms with Crippen LogP contribution in [0.3, 0.4) is 0 Å². The van der Waals surface area contributed by atoms with Crippen molar-refractivity contribution in [2.75, 3.05) is 6.54 Å². The number of benzene rings is 2. The Bertz CT molecular complexity index is 854. The van der Waals surface area contributed by atoms with Crippen molar-refractivity contribution in [2.24, 2.45) is 0 Å². The fourth-order valence-corrected chi connectivity index (χ4v) is 3.69. The third kappa shape index (κ3) is 3.22. The van der Waals surface area contributed by atoms with Gasteiger partial charge in [0.2, 0.25) is 0 Å². The van der Waals surface area contributed by atoms with Crippen LogP contribution in [0.2, 0.25) is 0 Å². The molecule has 0 spiro atoms. The lowest BCUT2D eigenvalue weighted by Gasteiger charge is -2.31. The lowest BCUT2D eigenvalue weighted by atomic mass is 10.0. The molecule has 2 heterocycles. The van der Waals surface area contributed by atoms with Gasteiger partial charge in [0.1, 0.15) is 11.6 Å². The maximum Gasteiger partial charge on any atom is 0.128 e. The lowest BCUT2D eigenvalue weighted by Crippen LogP contribution is -2.30. The number of halogens is 2. The zero-order chi connectivity index (χ0) is 17.2. The second kappa shape index (κ2) is 6.81. The molecule has 4 heteroatoms. The van der Waals surface area contributed by atoms with Crippen LogP contribution in [-0.4, -0.2) is 16.0 Å². The third-order valence-corrected chi connectivity index (χ3v) is 4.85. The molecule has 0 N–H and O–H groups in total. The topological polar surface area (TPSA) is 8.17 Å². The molecular weight excluding hydrogens is 318 g/mol. The van der Waals surface area contributed by atoms with E-state index in [2.05, 4.69) is 21.7 Å². The fourth-order valence-electron chi connectivity index (χ4n) is 3.69. The predicted molar refractivity (Wildman–Crippen MR) is 94.1 cm³/mol. The van der Waals surface area contributed by atoms with E-state index < -0.39 is 0 Å². The number of fused-ring (bicyclic) bond motifs is 1. The van der Waals surface area contributed by atoms with Crippen LogP contribution in [0, 0.1) is 11.6 Å². The number of aromatic nitrogens is 1. The molecule has 0 aliphatic carbocycles. The van der Waals surface area contributed by atoms with Crippen molar-refractivity contribution in [1.82, 2.24) is 9.47 Å². The van der Waals surface area contributed by atoms with Crippen molar-refractivity contribution in [2.45, 2.75) is 25.6 Å². The zero-order valence-corrected chi connectivity index (χ0v) is 13.9. The molecule has 0 fully saturated rings. The van der Waals surface area contributed by atoms with E-state index in [0.717, 1.165) is 30.8 Å². The molecule has 1 aliphatic rings. The predicted octanol–water partition coefficient (Wildman–Crippen LogP) is 4.76. The normalized spacial score (nSPS) is 17.9. The molecule has 3 aromatic rings. The van der Waals surface area contributed by atoms with Crippen LogP contribution in [0.5, 0.6) is 0 Å². The third-order valence-electron chi connectivity index (χ3n) is 4.85. The van der Waals surface area contributed by atoms with E-state index in [4.69, 9.17) is 0 Å². The van der Waals surface area contributed by atoms with Crippen LogP contribution >= 0.6 is 0 Å². The highest BCUT2D eigenvalue weighted by Gasteiger charge is 2.29. The van der Waals surface area contributed by atoms with Gasteiger partial charge in [-0.1, -0.05) is 30.3 Å². The van der Waals surface area contributed by atoms with Gasteiger partial charge in [-0.15, -0.1) is 0 Å². The maximum atomic E-state index is 14.6. The van der Waals surface area contributed by atoms with E-state index in [-0.39, 0.29) is 17.7 Å². The van der Waals surface area contributed by atoms with Gasteiger partial charge in [-0.25, -0.2) is 8.78 Å². The molecule has 0 saturated carbocycles. The quantitative estimate of drug-likeness (QED) is 0.668. The summed E-state index contributed by atoms with van der Waals surface area (Å²) in [6.07, 6.45) is 3.05. The second-order valence-electron chi connectivity index (χ2n) is 6.50. The second-order valence-corrected chi connectivity index (χ2v) is 6.50. The molecule has 0 radical (unpaired) electrons. The van der Waals surface area contributed by atoms with Crippen molar-refractivity contribution >= 4 is 0 Å². The van der Waals surface area contributed by atoms with E-state index in [1.165, 1.54) is 18.2 Å². The first-order chi connectivity index (χ1) is 12.2. The van der Waals surface area contributed by atoms with Crippen LogP contribution in [0.15, 0.2) is 66.9 Å². The Kier molecular flexibility index (Phi) is 4.36. The van der Waals surface area contributed by atoms with E-state index in [1.54, 1.807) is 18.2 Å². The number of rotatable bonds is 3. The molecule has 25 heavy (non-hydrogen) atoms. The smallest absolute Gasteiger partial charge is 0.128 e. The first-order valence-corrected chi connectivity index (χ1v) is 8.60. The Labute approximate surface area is 146 Å². The molecule has 1 aromatic heterocycles. The first-order valence-electron chi connectivity index (χ1n) is 8.60.